The summed E-state index contributed by atoms with van der Waals surface area (Å²) in [4.78, 5) is 12.2. The van der Waals surface area contributed by atoms with Crippen molar-refractivity contribution >= 4 is 23.1 Å². The third-order valence-corrected chi connectivity index (χ3v) is 4.54. The fourth-order valence-corrected chi connectivity index (χ4v) is 3.15. The second-order valence-corrected chi connectivity index (χ2v) is 6.14. The Morgan fingerprint density at radius 1 is 1.19 bits per heavy atom. The van der Waals surface area contributed by atoms with Gasteiger partial charge in [-0.2, -0.15) is 0 Å². The molecule has 128 valence electrons. The number of imidazole rings is 2. The Kier molecular flexibility index (Phi) is 3.94. The van der Waals surface area contributed by atoms with Gasteiger partial charge in [0.25, 0.3) is 5.82 Å². The molecule has 0 saturated carbocycles. The van der Waals surface area contributed by atoms with Gasteiger partial charge in [0.05, 0.1) is 35.1 Å². The van der Waals surface area contributed by atoms with Crippen molar-refractivity contribution < 1.29 is 4.39 Å². The third kappa shape index (κ3) is 2.54. The first kappa shape index (κ1) is 16.3. The van der Waals surface area contributed by atoms with Crippen molar-refractivity contribution in [2.24, 2.45) is 0 Å². The minimum absolute atomic E-state index is 0.0554. The molecule has 3 heterocycles. The summed E-state index contributed by atoms with van der Waals surface area (Å²) in [6.45, 7) is 10.0. The quantitative estimate of drug-likeness (QED) is 0.466. The van der Waals surface area contributed by atoms with Gasteiger partial charge in [-0.3, -0.25) is 0 Å². The van der Waals surface area contributed by atoms with Gasteiger partial charge in [0.15, 0.2) is 0 Å². The zero-order chi connectivity index (χ0) is 18.3. The van der Waals surface area contributed by atoms with Crippen LogP contribution in [-0.2, 0) is 6.54 Å². The van der Waals surface area contributed by atoms with Crippen LogP contribution in [0, 0.1) is 12.4 Å². The number of hydrogen-bond donors (Lipinski definition) is 0. The van der Waals surface area contributed by atoms with Gasteiger partial charge in [0.1, 0.15) is 5.82 Å². The standard InChI is InChI=1S/C19H13ClFN5/c1-3-25-11-24-18(12-4-6-15(21)14(20)8-12)19(25)13-5-7-16-23-9-17(22-2)26(16)10-13/h4-11H,3H2,1H3. The van der Waals surface area contributed by atoms with E-state index in [1.165, 1.54) is 6.07 Å². The molecule has 4 rings (SSSR count). The number of nitrogens with zero attached hydrogens (tertiary/aromatic N) is 5. The maximum absolute atomic E-state index is 13.5. The van der Waals surface area contributed by atoms with E-state index in [-0.39, 0.29) is 5.02 Å². The fraction of sp³-hybridized carbons (Fsp3) is 0.105. The highest BCUT2D eigenvalue weighted by molar-refractivity contribution is 6.31. The molecule has 0 aliphatic heterocycles. The van der Waals surface area contributed by atoms with E-state index in [2.05, 4.69) is 14.8 Å². The van der Waals surface area contributed by atoms with Gasteiger partial charge in [0, 0.05) is 23.7 Å². The second-order valence-electron chi connectivity index (χ2n) is 5.73. The molecule has 1 aromatic carbocycles. The monoisotopic (exact) mass is 365 g/mol. The summed E-state index contributed by atoms with van der Waals surface area (Å²) >= 11 is 5.95. The Morgan fingerprint density at radius 2 is 2.00 bits per heavy atom. The highest BCUT2D eigenvalue weighted by Gasteiger charge is 2.17. The minimum Gasteiger partial charge on any atom is -0.362 e. The summed E-state index contributed by atoms with van der Waals surface area (Å²) in [5, 5.41) is 0.0554. The van der Waals surface area contributed by atoms with Crippen molar-refractivity contribution in [3.63, 3.8) is 0 Å². The lowest BCUT2D eigenvalue weighted by atomic mass is 10.1. The summed E-state index contributed by atoms with van der Waals surface area (Å²) in [6.07, 6.45) is 5.16. The van der Waals surface area contributed by atoms with Crippen molar-refractivity contribution in [2.45, 2.75) is 13.5 Å². The number of benzene rings is 1. The number of pyridine rings is 1. The number of aromatic nitrogens is 4. The number of hydrogen-bond acceptors (Lipinski definition) is 2. The van der Waals surface area contributed by atoms with Crippen molar-refractivity contribution in [2.75, 3.05) is 0 Å². The lowest BCUT2D eigenvalue weighted by Crippen LogP contribution is -1.97. The summed E-state index contributed by atoms with van der Waals surface area (Å²) in [5.41, 5.74) is 3.90. The highest BCUT2D eigenvalue weighted by Crippen LogP contribution is 2.33. The molecule has 5 nitrogen and oxygen atoms in total. The molecule has 0 unspecified atom stereocenters. The topological polar surface area (TPSA) is 39.5 Å². The zero-order valence-corrected chi connectivity index (χ0v) is 14.6. The van der Waals surface area contributed by atoms with Crippen LogP contribution in [0.5, 0.6) is 0 Å². The van der Waals surface area contributed by atoms with Crippen molar-refractivity contribution in [1.29, 1.82) is 0 Å². The lowest BCUT2D eigenvalue weighted by Gasteiger charge is -2.09. The third-order valence-electron chi connectivity index (χ3n) is 4.25. The largest absolute Gasteiger partial charge is 0.362 e. The van der Waals surface area contributed by atoms with E-state index in [9.17, 15) is 4.39 Å². The predicted octanol–water partition coefficient (Wildman–Crippen LogP) is 5.23. The molecule has 0 spiro atoms. The average Bonchev–Trinajstić information content (AvgIpc) is 3.26. The average molecular weight is 366 g/mol. The number of halogens is 2. The SMILES string of the molecule is [C-]#[N+]c1cnc2ccc(-c3c(-c4ccc(F)c(Cl)c4)ncn3CC)cn12. The van der Waals surface area contributed by atoms with Crippen LogP contribution in [0.3, 0.4) is 0 Å². The van der Waals surface area contributed by atoms with Gasteiger partial charge < -0.3 is 9.41 Å². The molecule has 0 atom stereocenters. The van der Waals surface area contributed by atoms with Crippen LogP contribution in [0.15, 0.2) is 49.1 Å². The van der Waals surface area contributed by atoms with E-state index in [1.54, 1.807) is 29.1 Å². The highest BCUT2D eigenvalue weighted by atomic mass is 35.5. The Bertz CT molecular complexity index is 1170. The van der Waals surface area contributed by atoms with Gasteiger partial charge in [-0.25, -0.2) is 18.8 Å². The molecule has 0 radical (unpaired) electrons. The summed E-state index contributed by atoms with van der Waals surface area (Å²) in [6, 6.07) is 8.37. The molecule has 7 heteroatoms. The normalized spacial score (nSPS) is 11.0. The van der Waals surface area contributed by atoms with E-state index in [1.807, 2.05) is 29.8 Å². The van der Waals surface area contributed by atoms with Crippen molar-refractivity contribution in [3.05, 3.63) is 71.3 Å². The van der Waals surface area contributed by atoms with Crippen LogP contribution >= 0.6 is 11.6 Å². The number of fused-ring (bicyclic) bond motifs is 1. The van der Waals surface area contributed by atoms with Crippen molar-refractivity contribution in [3.8, 4) is 22.5 Å². The number of aryl methyl sites for hydroxylation is 1. The van der Waals surface area contributed by atoms with E-state index in [0.717, 1.165) is 23.4 Å². The van der Waals surface area contributed by atoms with Gasteiger partial charge in [0.2, 0.25) is 5.65 Å². The lowest BCUT2D eigenvalue weighted by molar-refractivity contribution is 0.628. The van der Waals surface area contributed by atoms with Crippen molar-refractivity contribution in [1.82, 2.24) is 18.9 Å². The predicted molar refractivity (Wildman–Crippen MR) is 98.8 cm³/mol. The van der Waals surface area contributed by atoms with Crippen LogP contribution in [-0.4, -0.2) is 18.9 Å². The molecule has 0 bridgehead atoms. The first-order chi connectivity index (χ1) is 12.6. The van der Waals surface area contributed by atoms with Crippen LogP contribution in [0.2, 0.25) is 5.02 Å². The van der Waals surface area contributed by atoms with E-state index in [4.69, 9.17) is 18.2 Å². The van der Waals surface area contributed by atoms with Gasteiger partial charge >= 0.3 is 0 Å². The first-order valence-electron chi connectivity index (χ1n) is 7.98. The smallest absolute Gasteiger partial charge is 0.254 e. The maximum atomic E-state index is 13.5. The van der Waals surface area contributed by atoms with E-state index >= 15 is 0 Å². The molecule has 26 heavy (non-hydrogen) atoms. The molecule has 4 aromatic rings. The van der Waals surface area contributed by atoms with Gasteiger partial charge in [-0.05, 0) is 31.2 Å². The van der Waals surface area contributed by atoms with Crippen LogP contribution in [0.1, 0.15) is 6.92 Å². The number of rotatable bonds is 3. The summed E-state index contributed by atoms with van der Waals surface area (Å²) < 4.78 is 17.3. The Balaban J connectivity index is 1.95. The fourth-order valence-electron chi connectivity index (χ4n) is 2.97. The van der Waals surface area contributed by atoms with Gasteiger partial charge in [-0.15, -0.1) is 0 Å². The Morgan fingerprint density at radius 3 is 2.73 bits per heavy atom. The Labute approximate surface area is 154 Å². The molecule has 0 fully saturated rings. The molecular formula is C19H13ClFN5. The van der Waals surface area contributed by atoms with Crippen LogP contribution < -0.4 is 0 Å². The Hall–Kier alpha value is -3.17. The molecule has 0 saturated heterocycles. The van der Waals surface area contributed by atoms with E-state index < -0.39 is 5.82 Å². The second kappa shape index (κ2) is 6.28. The zero-order valence-electron chi connectivity index (χ0n) is 13.8. The molecule has 0 aliphatic rings. The molecule has 0 N–H and O–H groups in total. The summed E-state index contributed by atoms with van der Waals surface area (Å²) in [5.74, 6) is -0.0239. The van der Waals surface area contributed by atoms with E-state index in [0.29, 0.717) is 17.2 Å². The maximum Gasteiger partial charge on any atom is 0.254 e. The molecule has 0 aliphatic carbocycles. The first-order valence-corrected chi connectivity index (χ1v) is 8.35. The summed E-state index contributed by atoms with van der Waals surface area (Å²) in [7, 11) is 0. The molecule has 0 amide bonds. The molecular weight excluding hydrogens is 353 g/mol. The van der Waals surface area contributed by atoms with Crippen LogP contribution in [0.25, 0.3) is 33.0 Å². The van der Waals surface area contributed by atoms with Gasteiger partial charge in [-0.1, -0.05) is 18.2 Å². The minimum atomic E-state index is -0.464. The van der Waals surface area contributed by atoms with Crippen LogP contribution in [0.4, 0.5) is 10.2 Å². The molecule has 3 aromatic heterocycles.